The summed E-state index contributed by atoms with van der Waals surface area (Å²) in [6.45, 7) is 0. The van der Waals surface area contributed by atoms with Gasteiger partial charge in [-0.1, -0.05) is 46.3 Å². The molecule has 0 saturated carbocycles. The van der Waals surface area contributed by atoms with Crippen LogP contribution in [-0.4, -0.2) is 8.76 Å². The second-order valence-corrected chi connectivity index (χ2v) is 3.50. The Balaban J connectivity index is 2.65. The maximum atomic E-state index is 10.2. The minimum absolute atomic E-state index is 0.537. The van der Waals surface area contributed by atoms with Crippen molar-refractivity contribution in [3.63, 3.8) is 0 Å². The largest absolute Gasteiger partial charge is 0.303 e. The monoisotopic (exact) mass is 250 g/mol. The van der Waals surface area contributed by atoms with Crippen molar-refractivity contribution in [2.75, 3.05) is 0 Å². The van der Waals surface area contributed by atoms with Crippen LogP contribution >= 0.6 is 15.9 Å². The molecule has 1 N–H and O–H groups in total. The van der Waals surface area contributed by atoms with E-state index in [4.69, 9.17) is 4.55 Å². The molecule has 12 heavy (non-hydrogen) atoms. The minimum Gasteiger partial charge on any atom is -0.284 e. The number of halogens is 1. The van der Waals surface area contributed by atoms with E-state index < -0.39 is 16.4 Å². The molecule has 3 nitrogen and oxygen atoms in total. The average molecular weight is 251 g/mol. The lowest BCUT2D eigenvalue weighted by Crippen LogP contribution is -1.98. The van der Waals surface area contributed by atoms with Crippen molar-refractivity contribution in [2.24, 2.45) is 0 Å². The molecule has 0 aliphatic heterocycles. The third-order valence-electron chi connectivity index (χ3n) is 1.23. The second-order valence-electron chi connectivity index (χ2n) is 2.04. The lowest BCUT2D eigenvalue weighted by atomic mass is 10.2. The third kappa shape index (κ3) is 3.02. The van der Waals surface area contributed by atoms with Crippen LogP contribution in [0.4, 0.5) is 0 Å². The molecule has 0 saturated heterocycles. The Hall–Kier alpha value is -0.230. The molecule has 0 radical (unpaired) electrons. The Morgan fingerprint density at radius 2 is 2.00 bits per heavy atom. The second kappa shape index (κ2) is 4.71. The molecule has 2 unspecified atom stereocenters. The lowest BCUT2D eigenvalue weighted by molar-refractivity contribution is 0.293. The standard InChI is InChI=1S/C7H7BrO3S/c8-7(11-12(9)10)6-4-2-1-3-5-6/h1-5,7H,(H,9,10). The fraction of sp³-hybridized carbons (Fsp3) is 0.143. The van der Waals surface area contributed by atoms with Crippen molar-refractivity contribution in [3.8, 4) is 0 Å². The van der Waals surface area contributed by atoms with Gasteiger partial charge in [-0.3, -0.25) is 4.55 Å². The van der Waals surface area contributed by atoms with Crippen LogP contribution < -0.4 is 0 Å². The van der Waals surface area contributed by atoms with Crippen LogP contribution in [-0.2, 0) is 15.5 Å². The molecule has 1 rings (SSSR count). The molecule has 0 bridgehead atoms. The van der Waals surface area contributed by atoms with E-state index in [0.717, 1.165) is 5.56 Å². The highest BCUT2D eigenvalue weighted by Crippen LogP contribution is 2.23. The van der Waals surface area contributed by atoms with Crippen LogP contribution in [0, 0.1) is 0 Å². The summed E-state index contributed by atoms with van der Waals surface area (Å²) in [6.07, 6.45) is 0. The maximum Gasteiger partial charge on any atom is 0.303 e. The molecule has 0 fully saturated rings. The van der Waals surface area contributed by atoms with E-state index in [-0.39, 0.29) is 0 Å². The van der Waals surface area contributed by atoms with Crippen LogP contribution in [0.3, 0.4) is 0 Å². The van der Waals surface area contributed by atoms with E-state index in [1.54, 1.807) is 12.1 Å². The fourth-order valence-corrected chi connectivity index (χ4v) is 1.68. The summed E-state index contributed by atoms with van der Waals surface area (Å²) in [5.41, 5.74) is 0.805. The summed E-state index contributed by atoms with van der Waals surface area (Å²) < 4.78 is 23.2. The van der Waals surface area contributed by atoms with Crippen molar-refractivity contribution in [2.45, 2.75) is 5.01 Å². The summed E-state index contributed by atoms with van der Waals surface area (Å²) in [5.74, 6) is 0. The first-order valence-electron chi connectivity index (χ1n) is 3.17. The first-order chi connectivity index (χ1) is 5.70. The van der Waals surface area contributed by atoms with Crippen LogP contribution in [0.5, 0.6) is 0 Å². The van der Waals surface area contributed by atoms with Crippen molar-refractivity contribution >= 4 is 27.3 Å². The number of hydrogen-bond acceptors (Lipinski definition) is 2. The van der Waals surface area contributed by atoms with Crippen LogP contribution in [0.1, 0.15) is 10.6 Å². The quantitative estimate of drug-likeness (QED) is 0.661. The van der Waals surface area contributed by atoms with Crippen LogP contribution in [0.15, 0.2) is 30.3 Å². The Morgan fingerprint density at radius 3 is 2.50 bits per heavy atom. The minimum atomic E-state index is -2.24. The molecule has 0 spiro atoms. The van der Waals surface area contributed by atoms with E-state index >= 15 is 0 Å². The fourth-order valence-electron chi connectivity index (χ4n) is 0.732. The Bertz CT molecular complexity index is 265. The van der Waals surface area contributed by atoms with Crippen molar-refractivity contribution < 1.29 is 12.9 Å². The topological polar surface area (TPSA) is 46.5 Å². The van der Waals surface area contributed by atoms with Gasteiger partial charge in [0.1, 0.15) is 0 Å². The van der Waals surface area contributed by atoms with Gasteiger partial charge in [0.25, 0.3) is 0 Å². The zero-order chi connectivity index (χ0) is 8.97. The highest BCUT2D eigenvalue weighted by atomic mass is 79.9. The molecule has 0 amide bonds. The molecule has 0 aliphatic rings. The third-order valence-corrected chi connectivity index (χ3v) is 2.55. The Labute approximate surface area is 81.4 Å². The van der Waals surface area contributed by atoms with Gasteiger partial charge in [0, 0.05) is 0 Å². The van der Waals surface area contributed by atoms with E-state index in [2.05, 4.69) is 20.1 Å². The molecule has 66 valence electrons. The molecule has 0 aromatic heterocycles. The van der Waals surface area contributed by atoms with Gasteiger partial charge >= 0.3 is 11.4 Å². The van der Waals surface area contributed by atoms with Crippen LogP contribution in [0.2, 0.25) is 0 Å². The highest BCUT2D eigenvalue weighted by molar-refractivity contribution is 9.09. The summed E-state index contributed by atoms with van der Waals surface area (Å²) in [5, 5.41) is -0.537. The highest BCUT2D eigenvalue weighted by Gasteiger charge is 2.09. The van der Waals surface area contributed by atoms with Gasteiger partial charge in [0.05, 0.1) is 0 Å². The summed E-state index contributed by atoms with van der Waals surface area (Å²) >= 11 is 0.868. The maximum absolute atomic E-state index is 10.2. The molecule has 1 aromatic rings. The first kappa shape index (κ1) is 9.85. The molecular weight excluding hydrogens is 244 g/mol. The Kier molecular flexibility index (Phi) is 3.87. The van der Waals surface area contributed by atoms with Gasteiger partial charge in [0.15, 0.2) is 5.01 Å². The predicted octanol–water partition coefficient (Wildman–Crippen LogP) is 2.23. The number of benzene rings is 1. The Morgan fingerprint density at radius 1 is 1.42 bits per heavy atom. The lowest BCUT2D eigenvalue weighted by Gasteiger charge is -2.06. The molecule has 0 heterocycles. The SMILES string of the molecule is O=S(O)OC(Br)c1ccccc1. The molecular formula is C7H7BrO3S. The zero-order valence-corrected chi connectivity index (χ0v) is 8.42. The zero-order valence-electron chi connectivity index (χ0n) is 6.01. The van der Waals surface area contributed by atoms with E-state index in [0.29, 0.717) is 0 Å². The van der Waals surface area contributed by atoms with E-state index in [1.807, 2.05) is 18.2 Å². The summed E-state index contributed by atoms with van der Waals surface area (Å²) in [6, 6.07) is 9.11. The number of hydrogen-bond donors (Lipinski definition) is 1. The van der Waals surface area contributed by atoms with Crippen molar-refractivity contribution in [3.05, 3.63) is 35.9 Å². The van der Waals surface area contributed by atoms with Gasteiger partial charge in [-0.05, 0) is 5.56 Å². The van der Waals surface area contributed by atoms with Crippen molar-refractivity contribution in [1.29, 1.82) is 0 Å². The van der Waals surface area contributed by atoms with Gasteiger partial charge in [-0.2, -0.15) is 4.21 Å². The van der Waals surface area contributed by atoms with Gasteiger partial charge in [0.2, 0.25) is 0 Å². The average Bonchev–Trinajstić information content (AvgIpc) is 2.05. The van der Waals surface area contributed by atoms with Crippen LogP contribution in [0.25, 0.3) is 0 Å². The number of alkyl halides is 1. The summed E-state index contributed by atoms with van der Waals surface area (Å²) in [4.78, 5) is 0. The summed E-state index contributed by atoms with van der Waals surface area (Å²) in [7, 11) is 0. The molecule has 2 atom stereocenters. The number of rotatable bonds is 3. The normalized spacial score (nSPS) is 15.5. The smallest absolute Gasteiger partial charge is 0.284 e. The molecule has 0 aliphatic carbocycles. The van der Waals surface area contributed by atoms with Gasteiger partial charge in [-0.25, -0.2) is 4.18 Å². The van der Waals surface area contributed by atoms with E-state index in [1.165, 1.54) is 0 Å². The molecule has 5 heteroatoms. The first-order valence-corrected chi connectivity index (χ1v) is 5.12. The predicted molar refractivity (Wildman–Crippen MR) is 50.0 cm³/mol. The van der Waals surface area contributed by atoms with E-state index in [9.17, 15) is 4.21 Å². The van der Waals surface area contributed by atoms with Crippen molar-refractivity contribution in [1.82, 2.24) is 0 Å². The van der Waals surface area contributed by atoms with Gasteiger partial charge in [-0.15, -0.1) is 0 Å². The van der Waals surface area contributed by atoms with Gasteiger partial charge < -0.3 is 0 Å². The molecule has 1 aromatic carbocycles.